The van der Waals surface area contributed by atoms with Crippen LogP contribution in [0, 0.1) is 0 Å². The average Bonchev–Trinajstić information content (AvgIpc) is 2.54. The molecule has 1 N–H and O–H groups in total. The van der Waals surface area contributed by atoms with Crippen LogP contribution in [0.25, 0.3) is 6.08 Å². The molecule has 0 fully saturated rings. The van der Waals surface area contributed by atoms with Gasteiger partial charge >= 0.3 is 0 Å². The van der Waals surface area contributed by atoms with Crippen molar-refractivity contribution in [1.82, 2.24) is 9.88 Å². The van der Waals surface area contributed by atoms with E-state index in [2.05, 4.69) is 10.3 Å². The first-order chi connectivity index (χ1) is 11.0. The van der Waals surface area contributed by atoms with Crippen molar-refractivity contribution in [3.63, 3.8) is 0 Å². The molecular formula is C18H19N3O2. The lowest BCUT2D eigenvalue weighted by Crippen LogP contribution is -2.24. The van der Waals surface area contributed by atoms with Crippen LogP contribution in [-0.2, 0) is 16.1 Å². The zero-order valence-electron chi connectivity index (χ0n) is 13.2. The standard InChI is InChI=1S/C18H19N3O2/c1-14(22)20-17-8-5-15(6-9-17)7-10-18(23)21(2)13-16-4-3-11-19-12-16/h3-12H,13H2,1-2H3,(H,20,22)/b10-7+. The molecule has 2 aromatic rings. The van der Waals surface area contributed by atoms with Gasteiger partial charge in [-0.3, -0.25) is 14.6 Å². The number of pyridine rings is 1. The van der Waals surface area contributed by atoms with Gasteiger partial charge in [-0.25, -0.2) is 0 Å². The van der Waals surface area contributed by atoms with Crippen LogP contribution in [0.1, 0.15) is 18.1 Å². The molecule has 0 aliphatic carbocycles. The van der Waals surface area contributed by atoms with E-state index in [1.54, 1.807) is 42.6 Å². The number of nitrogens with zero attached hydrogens (tertiary/aromatic N) is 2. The summed E-state index contributed by atoms with van der Waals surface area (Å²) in [5, 5.41) is 2.70. The molecule has 5 nitrogen and oxygen atoms in total. The summed E-state index contributed by atoms with van der Waals surface area (Å²) < 4.78 is 0. The number of hydrogen-bond acceptors (Lipinski definition) is 3. The first-order valence-electron chi connectivity index (χ1n) is 7.24. The second kappa shape index (κ2) is 7.89. The van der Waals surface area contributed by atoms with Crippen LogP contribution < -0.4 is 5.32 Å². The third-order valence-corrected chi connectivity index (χ3v) is 3.17. The van der Waals surface area contributed by atoms with Crippen LogP contribution >= 0.6 is 0 Å². The van der Waals surface area contributed by atoms with Crippen molar-refractivity contribution in [3.8, 4) is 0 Å². The Bertz CT molecular complexity index is 694. The van der Waals surface area contributed by atoms with E-state index < -0.39 is 0 Å². The van der Waals surface area contributed by atoms with Gasteiger partial charge in [-0.05, 0) is 35.4 Å². The highest BCUT2D eigenvalue weighted by atomic mass is 16.2. The Hall–Kier alpha value is -2.95. The summed E-state index contributed by atoms with van der Waals surface area (Å²) in [5.74, 6) is -0.194. The summed E-state index contributed by atoms with van der Waals surface area (Å²) in [7, 11) is 1.75. The summed E-state index contributed by atoms with van der Waals surface area (Å²) in [6.07, 6.45) is 6.73. The minimum Gasteiger partial charge on any atom is -0.338 e. The largest absolute Gasteiger partial charge is 0.338 e. The number of anilines is 1. The first-order valence-corrected chi connectivity index (χ1v) is 7.24. The highest BCUT2D eigenvalue weighted by molar-refractivity contribution is 5.92. The molecule has 2 amide bonds. The number of carbonyl (C=O) groups excluding carboxylic acids is 2. The van der Waals surface area contributed by atoms with E-state index in [4.69, 9.17) is 0 Å². The number of rotatable bonds is 5. The summed E-state index contributed by atoms with van der Waals surface area (Å²) >= 11 is 0. The molecule has 0 aliphatic heterocycles. The van der Waals surface area contributed by atoms with Crippen molar-refractivity contribution < 1.29 is 9.59 Å². The van der Waals surface area contributed by atoms with Crippen molar-refractivity contribution in [3.05, 3.63) is 66.0 Å². The van der Waals surface area contributed by atoms with Gasteiger partial charge in [0.25, 0.3) is 0 Å². The van der Waals surface area contributed by atoms with Crippen LogP contribution in [0.15, 0.2) is 54.9 Å². The molecule has 0 atom stereocenters. The highest BCUT2D eigenvalue weighted by Crippen LogP contribution is 2.11. The normalized spacial score (nSPS) is 10.5. The van der Waals surface area contributed by atoms with E-state index in [0.29, 0.717) is 6.54 Å². The molecule has 5 heteroatoms. The number of likely N-dealkylation sites (N-methyl/N-ethyl adjacent to an activating group) is 1. The fraction of sp³-hybridized carbons (Fsp3) is 0.167. The lowest BCUT2D eigenvalue weighted by Gasteiger charge is -2.14. The van der Waals surface area contributed by atoms with Crippen LogP contribution in [0.5, 0.6) is 0 Å². The van der Waals surface area contributed by atoms with Crippen molar-refractivity contribution in [2.75, 3.05) is 12.4 Å². The molecule has 1 heterocycles. The molecule has 0 bridgehead atoms. The summed E-state index contributed by atoms with van der Waals surface area (Å²) in [6, 6.07) is 11.1. The molecule has 118 valence electrons. The predicted octanol–water partition coefficient (Wildman–Crippen LogP) is 2.71. The highest BCUT2D eigenvalue weighted by Gasteiger charge is 2.05. The SMILES string of the molecule is CC(=O)Nc1ccc(/C=C/C(=O)N(C)Cc2cccnc2)cc1. The van der Waals surface area contributed by atoms with E-state index >= 15 is 0 Å². The lowest BCUT2D eigenvalue weighted by molar-refractivity contribution is -0.125. The Labute approximate surface area is 135 Å². The average molecular weight is 309 g/mol. The van der Waals surface area contributed by atoms with Crippen molar-refractivity contribution >= 4 is 23.6 Å². The maximum Gasteiger partial charge on any atom is 0.246 e. The van der Waals surface area contributed by atoms with Crippen molar-refractivity contribution in [2.45, 2.75) is 13.5 Å². The Kier molecular flexibility index (Phi) is 5.63. The second-order valence-corrected chi connectivity index (χ2v) is 5.19. The monoisotopic (exact) mass is 309 g/mol. The third kappa shape index (κ3) is 5.39. The van der Waals surface area contributed by atoms with Gasteiger partial charge in [0.05, 0.1) is 0 Å². The summed E-state index contributed by atoms with van der Waals surface area (Å²) in [5.41, 5.74) is 2.60. The molecule has 0 radical (unpaired) electrons. The van der Waals surface area contributed by atoms with Gasteiger partial charge in [0.15, 0.2) is 0 Å². The first kappa shape index (κ1) is 16.4. The van der Waals surface area contributed by atoms with Crippen LogP contribution in [0.2, 0.25) is 0 Å². The zero-order chi connectivity index (χ0) is 16.7. The van der Waals surface area contributed by atoms with Gasteiger partial charge in [-0.15, -0.1) is 0 Å². The molecule has 0 spiro atoms. The van der Waals surface area contributed by atoms with Gasteiger partial charge in [-0.2, -0.15) is 0 Å². The van der Waals surface area contributed by atoms with E-state index in [9.17, 15) is 9.59 Å². The van der Waals surface area contributed by atoms with Crippen LogP contribution in [0.4, 0.5) is 5.69 Å². The molecule has 0 unspecified atom stereocenters. The maximum absolute atomic E-state index is 12.1. The van der Waals surface area contributed by atoms with E-state index in [-0.39, 0.29) is 11.8 Å². The topological polar surface area (TPSA) is 62.3 Å². The molecule has 0 saturated carbocycles. The van der Waals surface area contributed by atoms with Crippen molar-refractivity contribution in [1.29, 1.82) is 0 Å². The van der Waals surface area contributed by atoms with Gasteiger partial charge < -0.3 is 10.2 Å². The molecule has 1 aromatic heterocycles. The van der Waals surface area contributed by atoms with Crippen LogP contribution in [-0.4, -0.2) is 28.7 Å². The summed E-state index contributed by atoms with van der Waals surface area (Å²) in [4.78, 5) is 28.7. The third-order valence-electron chi connectivity index (χ3n) is 3.17. The quantitative estimate of drug-likeness (QED) is 0.864. The molecule has 23 heavy (non-hydrogen) atoms. The van der Waals surface area contributed by atoms with E-state index in [0.717, 1.165) is 16.8 Å². The molecular weight excluding hydrogens is 290 g/mol. The number of benzene rings is 1. The lowest BCUT2D eigenvalue weighted by atomic mass is 10.2. The van der Waals surface area contributed by atoms with Gasteiger partial charge in [-0.1, -0.05) is 18.2 Å². The Balaban J connectivity index is 1.93. The minimum atomic E-state index is -0.111. The zero-order valence-corrected chi connectivity index (χ0v) is 13.2. The minimum absolute atomic E-state index is 0.0835. The number of carbonyl (C=O) groups is 2. The number of amides is 2. The summed E-state index contributed by atoms with van der Waals surface area (Å²) in [6.45, 7) is 1.98. The molecule has 1 aromatic carbocycles. The van der Waals surface area contributed by atoms with Gasteiger partial charge in [0.1, 0.15) is 0 Å². The molecule has 2 rings (SSSR count). The van der Waals surface area contributed by atoms with Crippen LogP contribution in [0.3, 0.4) is 0 Å². The maximum atomic E-state index is 12.1. The van der Waals surface area contributed by atoms with Gasteiger partial charge in [0, 0.05) is 44.7 Å². The Morgan fingerprint density at radius 1 is 1.22 bits per heavy atom. The number of hydrogen-bond donors (Lipinski definition) is 1. The smallest absolute Gasteiger partial charge is 0.246 e. The van der Waals surface area contributed by atoms with Gasteiger partial charge in [0.2, 0.25) is 11.8 Å². The fourth-order valence-electron chi connectivity index (χ4n) is 2.02. The molecule has 0 aliphatic rings. The second-order valence-electron chi connectivity index (χ2n) is 5.19. The van der Waals surface area contributed by atoms with E-state index in [1.165, 1.54) is 13.0 Å². The Morgan fingerprint density at radius 3 is 2.57 bits per heavy atom. The fourth-order valence-corrected chi connectivity index (χ4v) is 2.02. The van der Waals surface area contributed by atoms with Crippen molar-refractivity contribution in [2.24, 2.45) is 0 Å². The predicted molar refractivity (Wildman–Crippen MR) is 90.5 cm³/mol. The Morgan fingerprint density at radius 2 is 1.96 bits per heavy atom. The van der Waals surface area contributed by atoms with E-state index in [1.807, 2.05) is 24.3 Å². The number of aromatic nitrogens is 1. The number of nitrogens with one attached hydrogen (secondary N) is 1. The molecule has 0 saturated heterocycles.